The molecule has 0 bridgehead atoms. The first-order chi connectivity index (χ1) is 7.18. The van der Waals surface area contributed by atoms with Crippen LogP contribution in [0.3, 0.4) is 0 Å². The predicted molar refractivity (Wildman–Crippen MR) is 56.5 cm³/mol. The number of nitrogens with one attached hydrogen (secondary N) is 1. The van der Waals surface area contributed by atoms with Crippen LogP contribution < -0.4 is 5.32 Å². The minimum absolute atomic E-state index is 0.241. The lowest BCUT2D eigenvalue weighted by molar-refractivity contribution is -0.109. The molecule has 1 amide bonds. The van der Waals surface area contributed by atoms with Gasteiger partial charge in [-0.2, -0.15) is 0 Å². The molecule has 0 aromatic rings. The molecule has 0 aliphatic carbocycles. The first-order valence-electron chi connectivity index (χ1n) is 4.84. The summed E-state index contributed by atoms with van der Waals surface area (Å²) in [5.74, 6) is 0. The van der Waals surface area contributed by atoms with Crippen LogP contribution in [0.2, 0.25) is 0 Å². The molecule has 0 saturated carbocycles. The van der Waals surface area contributed by atoms with Gasteiger partial charge in [0.1, 0.15) is 0 Å². The molecule has 0 fully saturated rings. The molecule has 1 unspecified atom stereocenters. The largest absolute Gasteiger partial charge is 0.386 e. The van der Waals surface area contributed by atoms with Gasteiger partial charge in [-0.05, 0) is 12.5 Å². The number of rotatable bonds is 10. The van der Waals surface area contributed by atoms with E-state index >= 15 is 0 Å². The van der Waals surface area contributed by atoms with Gasteiger partial charge in [0.05, 0.1) is 32.5 Å². The predicted octanol–water partition coefficient (Wildman–Crippen LogP) is -0.297. The Kier molecular flexibility index (Phi) is 9.05. The van der Waals surface area contributed by atoms with Crippen LogP contribution in [-0.2, 0) is 14.3 Å². The van der Waals surface area contributed by atoms with E-state index < -0.39 is 6.10 Å². The lowest BCUT2D eigenvalue weighted by atomic mass is 10.2. The Labute approximate surface area is 90.1 Å². The quantitative estimate of drug-likeness (QED) is 0.299. The maximum Gasteiger partial charge on any atom is 0.207 e. The molecule has 5 heteroatoms. The van der Waals surface area contributed by atoms with E-state index in [-0.39, 0.29) is 6.61 Å². The van der Waals surface area contributed by atoms with Crippen molar-refractivity contribution >= 4 is 6.41 Å². The Morgan fingerprint density at radius 2 is 2.13 bits per heavy atom. The molecule has 2 N–H and O–H groups in total. The second kappa shape index (κ2) is 9.64. The third-order valence-electron chi connectivity index (χ3n) is 1.69. The van der Waals surface area contributed by atoms with E-state index in [9.17, 15) is 9.90 Å². The molecule has 0 radical (unpaired) electrons. The van der Waals surface area contributed by atoms with Gasteiger partial charge in [0.25, 0.3) is 0 Å². The normalized spacial score (nSPS) is 12.1. The van der Waals surface area contributed by atoms with E-state index in [2.05, 4.69) is 11.9 Å². The van der Waals surface area contributed by atoms with E-state index in [0.29, 0.717) is 38.3 Å². The Hall–Kier alpha value is -0.910. The molecule has 1 atom stereocenters. The molecule has 0 aromatic carbocycles. The highest BCUT2D eigenvalue weighted by Crippen LogP contribution is 1.97. The minimum atomic E-state index is -0.610. The third kappa shape index (κ3) is 9.40. The van der Waals surface area contributed by atoms with Crippen LogP contribution in [0, 0.1) is 0 Å². The Bertz CT molecular complexity index is 184. The van der Waals surface area contributed by atoms with Crippen LogP contribution in [0.5, 0.6) is 0 Å². The lowest BCUT2D eigenvalue weighted by Crippen LogP contribution is -2.20. The van der Waals surface area contributed by atoms with E-state index in [0.717, 1.165) is 0 Å². The maximum atomic E-state index is 9.85. The molecule has 0 spiro atoms. The molecular weight excluding hydrogens is 198 g/mol. The van der Waals surface area contributed by atoms with E-state index in [4.69, 9.17) is 9.47 Å². The van der Waals surface area contributed by atoms with Gasteiger partial charge in [-0.3, -0.25) is 4.79 Å². The summed E-state index contributed by atoms with van der Waals surface area (Å²) in [5.41, 5.74) is 0.686. The first-order valence-corrected chi connectivity index (χ1v) is 4.84. The molecule has 88 valence electrons. The maximum absolute atomic E-state index is 9.85. The SMILES string of the molecule is C=C(C)C(O)COCCOCCNC=O. The van der Waals surface area contributed by atoms with Gasteiger partial charge in [0.2, 0.25) is 6.41 Å². The summed E-state index contributed by atoms with van der Waals surface area (Å²) in [7, 11) is 0. The number of amides is 1. The second-order valence-corrected chi connectivity index (χ2v) is 3.12. The van der Waals surface area contributed by atoms with Crippen LogP contribution in [0.1, 0.15) is 6.92 Å². The van der Waals surface area contributed by atoms with Crippen LogP contribution in [0.15, 0.2) is 12.2 Å². The average molecular weight is 217 g/mol. The van der Waals surface area contributed by atoms with E-state index in [1.807, 2.05) is 0 Å². The average Bonchev–Trinajstić information content (AvgIpc) is 2.21. The molecule has 0 rings (SSSR count). The summed E-state index contributed by atoms with van der Waals surface area (Å²) in [6.45, 7) is 7.42. The number of hydrogen-bond acceptors (Lipinski definition) is 4. The van der Waals surface area contributed by atoms with Gasteiger partial charge < -0.3 is 19.9 Å². The van der Waals surface area contributed by atoms with Crippen molar-refractivity contribution in [1.29, 1.82) is 0 Å². The summed E-state index contributed by atoms with van der Waals surface area (Å²) < 4.78 is 10.3. The third-order valence-corrected chi connectivity index (χ3v) is 1.69. The van der Waals surface area contributed by atoms with Crippen LogP contribution in [0.25, 0.3) is 0 Å². The van der Waals surface area contributed by atoms with Gasteiger partial charge >= 0.3 is 0 Å². The van der Waals surface area contributed by atoms with Crippen molar-refractivity contribution in [3.63, 3.8) is 0 Å². The van der Waals surface area contributed by atoms with Gasteiger partial charge in [0, 0.05) is 6.54 Å². The van der Waals surface area contributed by atoms with E-state index in [1.165, 1.54) is 0 Å². The van der Waals surface area contributed by atoms with E-state index in [1.54, 1.807) is 6.92 Å². The molecule has 0 aliphatic heterocycles. The molecule has 0 aliphatic rings. The standard InChI is InChI=1S/C10H19NO4/c1-9(2)10(13)7-15-6-5-14-4-3-11-8-12/h8,10,13H,1,3-7H2,2H3,(H,11,12). The van der Waals surface area contributed by atoms with Crippen LogP contribution in [-0.4, -0.2) is 50.6 Å². The molecule has 0 aromatic heterocycles. The minimum Gasteiger partial charge on any atom is -0.386 e. The summed E-state index contributed by atoms with van der Waals surface area (Å²) in [6.07, 6.45) is 0.0185. The molecule has 15 heavy (non-hydrogen) atoms. The Morgan fingerprint density at radius 1 is 1.47 bits per heavy atom. The fourth-order valence-electron chi connectivity index (χ4n) is 0.747. The fraction of sp³-hybridized carbons (Fsp3) is 0.700. The van der Waals surface area contributed by atoms with Crippen molar-refractivity contribution in [2.24, 2.45) is 0 Å². The number of carbonyl (C=O) groups excluding carboxylic acids is 1. The van der Waals surface area contributed by atoms with Crippen molar-refractivity contribution in [2.75, 3.05) is 33.0 Å². The second-order valence-electron chi connectivity index (χ2n) is 3.12. The highest BCUT2D eigenvalue weighted by atomic mass is 16.5. The summed E-state index contributed by atoms with van der Waals surface area (Å²) in [6, 6.07) is 0. The van der Waals surface area contributed by atoms with Crippen LogP contribution >= 0.6 is 0 Å². The summed E-state index contributed by atoms with van der Waals surface area (Å²) in [5, 5.41) is 11.8. The van der Waals surface area contributed by atoms with Gasteiger partial charge in [-0.25, -0.2) is 0 Å². The number of carbonyl (C=O) groups is 1. The summed E-state index contributed by atoms with van der Waals surface area (Å²) in [4.78, 5) is 9.85. The highest BCUT2D eigenvalue weighted by Gasteiger charge is 2.03. The van der Waals surface area contributed by atoms with Crippen molar-refractivity contribution in [3.05, 3.63) is 12.2 Å². The zero-order valence-corrected chi connectivity index (χ0v) is 9.07. The van der Waals surface area contributed by atoms with Crippen LogP contribution in [0.4, 0.5) is 0 Å². The topological polar surface area (TPSA) is 67.8 Å². The highest BCUT2D eigenvalue weighted by molar-refractivity contribution is 5.45. The lowest BCUT2D eigenvalue weighted by Gasteiger charge is -2.10. The number of aliphatic hydroxyl groups is 1. The van der Waals surface area contributed by atoms with Crippen molar-refractivity contribution in [2.45, 2.75) is 13.0 Å². The molecule has 0 heterocycles. The molecule has 5 nitrogen and oxygen atoms in total. The summed E-state index contributed by atoms with van der Waals surface area (Å²) >= 11 is 0. The monoisotopic (exact) mass is 217 g/mol. The zero-order chi connectivity index (χ0) is 11.5. The number of hydrogen-bond donors (Lipinski definition) is 2. The van der Waals surface area contributed by atoms with Crippen molar-refractivity contribution < 1.29 is 19.4 Å². The smallest absolute Gasteiger partial charge is 0.207 e. The van der Waals surface area contributed by atoms with Gasteiger partial charge in [-0.15, -0.1) is 0 Å². The Morgan fingerprint density at radius 3 is 2.73 bits per heavy atom. The molecular formula is C10H19NO4. The first kappa shape index (κ1) is 14.1. The van der Waals surface area contributed by atoms with Gasteiger partial charge in [0.15, 0.2) is 0 Å². The fourth-order valence-corrected chi connectivity index (χ4v) is 0.747. The van der Waals surface area contributed by atoms with Crippen molar-refractivity contribution in [1.82, 2.24) is 5.32 Å². The number of ether oxygens (including phenoxy) is 2. The van der Waals surface area contributed by atoms with Crippen molar-refractivity contribution in [3.8, 4) is 0 Å². The molecule has 0 saturated heterocycles. The number of aliphatic hydroxyl groups excluding tert-OH is 1. The Balaban J connectivity index is 3.11. The zero-order valence-electron chi connectivity index (χ0n) is 9.07. The van der Waals surface area contributed by atoms with Gasteiger partial charge in [-0.1, -0.05) is 6.58 Å².